The van der Waals surface area contributed by atoms with E-state index in [-0.39, 0.29) is 11.1 Å². The molecule has 1 rings (SSSR count). The maximum absolute atomic E-state index is 11.4. The molecule has 0 aliphatic heterocycles. The molecule has 0 fully saturated rings. The van der Waals surface area contributed by atoms with E-state index in [1.807, 2.05) is 6.92 Å². The lowest BCUT2D eigenvalue weighted by atomic mass is 10.1. The first kappa shape index (κ1) is 12.4. The zero-order chi connectivity index (χ0) is 12.1. The highest BCUT2D eigenvalue weighted by molar-refractivity contribution is 7.80. The third kappa shape index (κ3) is 3.20. The van der Waals surface area contributed by atoms with Gasteiger partial charge in [-0.1, -0.05) is 0 Å². The third-order valence-corrected chi connectivity index (χ3v) is 2.10. The van der Waals surface area contributed by atoms with Gasteiger partial charge in [-0.25, -0.2) is 4.79 Å². The van der Waals surface area contributed by atoms with Crippen LogP contribution in [0.2, 0.25) is 0 Å². The first-order valence-electron chi connectivity index (χ1n) is 4.88. The summed E-state index contributed by atoms with van der Waals surface area (Å²) in [5.74, 6) is -0.326. The highest BCUT2D eigenvalue weighted by Gasteiger charge is 2.08. The van der Waals surface area contributed by atoms with Gasteiger partial charge >= 0.3 is 5.97 Å². The number of hydrogen-bond acceptors (Lipinski definition) is 3. The van der Waals surface area contributed by atoms with Gasteiger partial charge in [-0.3, -0.25) is 0 Å². The zero-order valence-corrected chi connectivity index (χ0v) is 10.1. The van der Waals surface area contributed by atoms with Crippen molar-refractivity contribution in [3.63, 3.8) is 0 Å². The van der Waals surface area contributed by atoms with E-state index in [0.29, 0.717) is 12.2 Å². The van der Waals surface area contributed by atoms with Crippen molar-refractivity contribution in [3.8, 4) is 0 Å². The number of nitrogens with two attached hydrogens (primary N) is 1. The second-order valence-corrected chi connectivity index (χ2v) is 3.68. The lowest BCUT2D eigenvalue weighted by Gasteiger charge is -2.09. The fourth-order valence-corrected chi connectivity index (χ4v) is 1.39. The molecule has 0 aromatic heterocycles. The molecular weight excluding hydrogens is 224 g/mol. The Morgan fingerprint density at radius 1 is 1.56 bits per heavy atom. The Balaban J connectivity index is 2.90. The van der Waals surface area contributed by atoms with Crippen LogP contribution in [0.3, 0.4) is 0 Å². The summed E-state index contributed by atoms with van der Waals surface area (Å²) < 4.78 is 4.89. The Bertz CT molecular complexity index is 418. The maximum atomic E-state index is 11.4. The number of carbonyl (C=O) groups is 1. The minimum Gasteiger partial charge on any atom is -0.462 e. The second-order valence-electron chi connectivity index (χ2n) is 3.24. The summed E-state index contributed by atoms with van der Waals surface area (Å²) in [7, 11) is 0. The minimum atomic E-state index is -0.326. The van der Waals surface area contributed by atoms with Crippen molar-refractivity contribution in [2.24, 2.45) is 5.73 Å². The number of esters is 1. The van der Waals surface area contributed by atoms with Crippen molar-refractivity contribution >= 4 is 29.0 Å². The molecule has 0 spiro atoms. The molecule has 1 aromatic carbocycles. The molecule has 0 radical (unpaired) electrons. The van der Waals surface area contributed by atoms with Crippen molar-refractivity contribution in [3.05, 3.63) is 29.3 Å². The fraction of sp³-hybridized carbons (Fsp3) is 0.273. The van der Waals surface area contributed by atoms with E-state index in [1.54, 1.807) is 25.1 Å². The summed E-state index contributed by atoms with van der Waals surface area (Å²) in [6, 6.07) is 5.16. The summed E-state index contributed by atoms with van der Waals surface area (Å²) in [6.07, 6.45) is 0. The SMILES string of the molecule is CCOC(=O)c1ccc(NC(N)=S)c(C)c1. The van der Waals surface area contributed by atoms with E-state index in [2.05, 4.69) is 5.32 Å². The van der Waals surface area contributed by atoms with Gasteiger partial charge in [0.05, 0.1) is 12.2 Å². The third-order valence-electron chi connectivity index (χ3n) is 2.00. The van der Waals surface area contributed by atoms with Crippen molar-refractivity contribution in [2.75, 3.05) is 11.9 Å². The Kier molecular flexibility index (Phi) is 4.25. The number of hydrogen-bond donors (Lipinski definition) is 2. The van der Waals surface area contributed by atoms with Crippen molar-refractivity contribution in [1.82, 2.24) is 0 Å². The van der Waals surface area contributed by atoms with E-state index in [4.69, 9.17) is 22.7 Å². The van der Waals surface area contributed by atoms with Gasteiger partial charge in [-0.15, -0.1) is 0 Å². The first-order valence-corrected chi connectivity index (χ1v) is 5.29. The minimum absolute atomic E-state index is 0.201. The number of anilines is 1. The molecule has 0 heterocycles. The van der Waals surface area contributed by atoms with Crippen LogP contribution in [0.5, 0.6) is 0 Å². The number of benzene rings is 1. The molecule has 0 amide bonds. The summed E-state index contributed by atoms with van der Waals surface area (Å²) in [5.41, 5.74) is 7.57. The normalized spacial score (nSPS) is 9.62. The molecule has 0 aliphatic carbocycles. The second kappa shape index (κ2) is 5.46. The Hall–Kier alpha value is -1.62. The average molecular weight is 238 g/mol. The number of rotatable bonds is 3. The van der Waals surface area contributed by atoms with E-state index in [1.165, 1.54) is 0 Å². The number of thiocarbonyl (C=S) groups is 1. The molecule has 0 atom stereocenters. The van der Waals surface area contributed by atoms with Crippen molar-refractivity contribution in [1.29, 1.82) is 0 Å². The van der Waals surface area contributed by atoms with E-state index in [0.717, 1.165) is 11.3 Å². The largest absolute Gasteiger partial charge is 0.462 e. The molecule has 0 saturated heterocycles. The zero-order valence-electron chi connectivity index (χ0n) is 9.24. The van der Waals surface area contributed by atoms with E-state index < -0.39 is 0 Å². The van der Waals surface area contributed by atoms with Crippen LogP contribution in [-0.2, 0) is 4.74 Å². The molecule has 0 unspecified atom stereocenters. The highest BCUT2D eigenvalue weighted by Crippen LogP contribution is 2.16. The van der Waals surface area contributed by atoms with Crippen molar-refractivity contribution < 1.29 is 9.53 Å². The van der Waals surface area contributed by atoms with Gasteiger partial charge in [0.1, 0.15) is 0 Å². The number of carbonyl (C=O) groups excluding carboxylic acids is 1. The predicted octanol–water partition coefficient (Wildman–Crippen LogP) is 1.83. The van der Waals surface area contributed by atoms with Crippen LogP contribution in [0, 0.1) is 6.92 Å². The molecular formula is C11H14N2O2S. The number of ether oxygens (including phenoxy) is 1. The van der Waals surface area contributed by atoms with Crippen LogP contribution >= 0.6 is 12.2 Å². The molecule has 86 valence electrons. The van der Waals surface area contributed by atoms with E-state index >= 15 is 0 Å². The summed E-state index contributed by atoms with van der Waals surface area (Å²) in [4.78, 5) is 11.4. The van der Waals surface area contributed by atoms with Gasteiger partial charge in [-0.2, -0.15) is 0 Å². The predicted molar refractivity (Wildman–Crippen MR) is 67.5 cm³/mol. The standard InChI is InChI=1S/C11H14N2O2S/c1-3-15-10(14)8-4-5-9(7(2)6-8)13-11(12)16/h4-6H,3H2,1-2H3,(H3,12,13,16). The van der Waals surface area contributed by atoms with E-state index in [9.17, 15) is 4.79 Å². The fourth-order valence-electron chi connectivity index (χ4n) is 1.28. The van der Waals surface area contributed by atoms with Gasteiger partial charge < -0.3 is 15.8 Å². The van der Waals surface area contributed by atoms with Crippen LogP contribution in [0.15, 0.2) is 18.2 Å². The molecule has 5 heteroatoms. The molecule has 0 bridgehead atoms. The van der Waals surface area contributed by atoms with Crippen LogP contribution in [0.4, 0.5) is 5.69 Å². The monoisotopic (exact) mass is 238 g/mol. The quantitative estimate of drug-likeness (QED) is 0.621. The van der Waals surface area contributed by atoms with Crippen LogP contribution in [0.25, 0.3) is 0 Å². The van der Waals surface area contributed by atoms with Crippen molar-refractivity contribution in [2.45, 2.75) is 13.8 Å². The molecule has 16 heavy (non-hydrogen) atoms. The van der Waals surface area contributed by atoms with Gasteiger partial charge in [0.15, 0.2) is 5.11 Å². The van der Waals surface area contributed by atoms with Crippen LogP contribution < -0.4 is 11.1 Å². The smallest absolute Gasteiger partial charge is 0.338 e. The maximum Gasteiger partial charge on any atom is 0.338 e. The average Bonchev–Trinajstić information content (AvgIpc) is 2.20. The number of aryl methyl sites for hydroxylation is 1. The summed E-state index contributed by atoms with van der Waals surface area (Å²) in [5, 5.41) is 3.03. The summed E-state index contributed by atoms with van der Waals surface area (Å²) >= 11 is 4.74. The molecule has 4 nitrogen and oxygen atoms in total. The van der Waals surface area contributed by atoms with Gasteiger partial charge in [0.25, 0.3) is 0 Å². The Morgan fingerprint density at radius 3 is 2.75 bits per heavy atom. The lowest BCUT2D eigenvalue weighted by Crippen LogP contribution is -2.19. The van der Waals surface area contributed by atoms with Gasteiger partial charge in [0, 0.05) is 5.69 Å². The topological polar surface area (TPSA) is 64.3 Å². The van der Waals surface area contributed by atoms with Gasteiger partial charge in [0.2, 0.25) is 0 Å². The van der Waals surface area contributed by atoms with Crippen LogP contribution in [-0.4, -0.2) is 17.7 Å². The molecule has 0 saturated carbocycles. The molecule has 1 aromatic rings. The van der Waals surface area contributed by atoms with Crippen LogP contribution in [0.1, 0.15) is 22.8 Å². The lowest BCUT2D eigenvalue weighted by molar-refractivity contribution is 0.0526. The first-order chi connectivity index (χ1) is 7.54. The highest BCUT2D eigenvalue weighted by atomic mass is 32.1. The molecule has 3 N–H and O–H groups in total. The number of nitrogens with one attached hydrogen (secondary N) is 1. The Morgan fingerprint density at radius 2 is 2.25 bits per heavy atom. The Labute approximate surface area is 99.8 Å². The summed E-state index contributed by atoms with van der Waals surface area (Å²) in [6.45, 7) is 4.00. The van der Waals surface area contributed by atoms with Gasteiger partial charge in [-0.05, 0) is 49.8 Å². The molecule has 0 aliphatic rings.